The van der Waals surface area contributed by atoms with Crippen LogP contribution in [-0.2, 0) is 10.0 Å². The number of anilines is 1. The van der Waals surface area contributed by atoms with Gasteiger partial charge in [-0.3, -0.25) is 4.31 Å². The molecule has 0 unspecified atom stereocenters. The van der Waals surface area contributed by atoms with Gasteiger partial charge in [0, 0.05) is 10.6 Å². The number of hydrogen-bond acceptors (Lipinski definition) is 2. The lowest BCUT2D eigenvalue weighted by molar-refractivity contribution is 0.594. The van der Waals surface area contributed by atoms with E-state index in [9.17, 15) is 8.42 Å². The summed E-state index contributed by atoms with van der Waals surface area (Å²) in [6, 6.07) is 9.84. The third kappa shape index (κ3) is 3.47. The normalized spacial score (nSPS) is 11.5. The van der Waals surface area contributed by atoms with E-state index in [0.29, 0.717) is 15.7 Å². The summed E-state index contributed by atoms with van der Waals surface area (Å²) in [5.74, 6) is 0. The monoisotopic (exact) mass is 455 g/mol. The lowest BCUT2D eigenvalue weighted by atomic mass is 10.2. The summed E-state index contributed by atoms with van der Waals surface area (Å²) < 4.78 is 27.1. The zero-order chi connectivity index (χ0) is 15.8. The molecule has 2 aromatic carbocycles. The number of nitrogens with zero attached hydrogens (tertiary/aromatic N) is 1. The Morgan fingerprint density at radius 3 is 2.19 bits per heavy atom. The van der Waals surface area contributed by atoms with Crippen molar-refractivity contribution < 1.29 is 8.42 Å². The van der Waals surface area contributed by atoms with Crippen LogP contribution in [-0.4, -0.2) is 15.5 Å². The zero-order valence-corrected chi connectivity index (χ0v) is 15.8. The molecule has 112 valence electrons. The fraction of sp³-hybridized carbons (Fsp3) is 0.143. The first kappa shape index (κ1) is 16.9. The second-order valence-corrected chi connectivity index (χ2v) is 8.45. The Kier molecular flexibility index (Phi) is 5.07. The molecule has 0 radical (unpaired) electrons. The molecule has 0 N–H and O–H groups in total. The number of aryl methyl sites for hydroxylation is 1. The van der Waals surface area contributed by atoms with E-state index in [0.717, 1.165) is 13.4 Å². The van der Waals surface area contributed by atoms with Gasteiger partial charge in [0.25, 0.3) is 10.0 Å². The van der Waals surface area contributed by atoms with Crippen LogP contribution in [0.3, 0.4) is 0 Å². The van der Waals surface area contributed by atoms with Gasteiger partial charge < -0.3 is 0 Å². The van der Waals surface area contributed by atoms with Gasteiger partial charge in [-0.15, -0.1) is 0 Å². The zero-order valence-electron chi connectivity index (χ0n) is 11.3. The molecule has 0 spiro atoms. The highest BCUT2D eigenvalue weighted by Gasteiger charge is 2.23. The van der Waals surface area contributed by atoms with Crippen molar-refractivity contribution in [1.29, 1.82) is 0 Å². The van der Waals surface area contributed by atoms with Crippen molar-refractivity contribution in [3.63, 3.8) is 0 Å². The van der Waals surface area contributed by atoms with Crippen LogP contribution in [0.25, 0.3) is 0 Å². The van der Waals surface area contributed by atoms with Crippen LogP contribution in [0.2, 0.25) is 10.0 Å². The molecule has 0 fully saturated rings. The van der Waals surface area contributed by atoms with Gasteiger partial charge in [0.15, 0.2) is 0 Å². The predicted molar refractivity (Wildman–Crippen MR) is 95.9 cm³/mol. The maximum atomic E-state index is 12.6. The molecule has 0 bridgehead atoms. The lowest BCUT2D eigenvalue weighted by Gasteiger charge is -2.21. The Hall–Kier alpha value is -0.500. The Morgan fingerprint density at radius 1 is 1.05 bits per heavy atom. The molecule has 0 aromatic heterocycles. The summed E-state index contributed by atoms with van der Waals surface area (Å²) >= 11 is 14.2. The number of benzene rings is 2. The SMILES string of the molecule is Cc1ccc(S(=O)(=O)N(C)c2cc(Cl)c(I)cc2Cl)cc1. The van der Waals surface area contributed by atoms with Crippen LogP contribution in [0.15, 0.2) is 41.3 Å². The van der Waals surface area contributed by atoms with E-state index in [1.165, 1.54) is 7.05 Å². The van der Waals surface area contributed by atoms with Crippen molar-refractivity contribution in [3.8, 4) is 0 Å². The summed E-state index contributed by atoms with van der Waals surface area (Å²) in [4.78, 5) is 0.210. The third-order valence-electron chi connectivity index (χ3n) is 3.01. The highest BCUT2D eigenvalue weighted by molar-refractivity contribution is 14.1. The number of hydrogen-bond donors (Lipinski definition) is 0. The Morgan fingerprint density at radius 2 is 1.62 bits per heavy atom. The molecule has 0 amide bonds. The summed E-state index contributed by atoms with van der Waals surface area (Å²) in [7, 11) is -2.22. The minimum absolute atomic E-state index is 0.210. The predicted octanol–water partition coefficient (Wildman–Crippen LogP) is 4.73. The van der Waals surface area contributed by atoms with Crippen molar-refractivity contribution in [2.45, 2.75) is 11.8 Å². The molecule has 0 saturated carbocycles. The highest BCUT2D eigenvalue weighted by atomic mass is 127. The lowest BCUT2D eigenvalue weighted by Crippen LogP contribution is -2.26. The quantitative estimate of drug-likeness (QED) is 0.495. The molecule has 0 aliphatic rings. The Bertz CT molecular complexity index is 776. The maximum absolute atomic E-state index is 12.6. The van der Waals surface area contributed by atoms with Crippen molar-refractivity contribution in [1.82, 2.24) is 0 Å². The van der Waals surface area contributed by atoms with Crippen molar-refractivity contribution >= 4 is 61.5 Å². The van der Waals surface area contributed by atoms with Gasteiger partial charge in [0.05, 0.1) is 20.6 Å². The molecule has 0 saturated heterocycles. The van der Waals surface area contributed by atoms with Crippen molar-refractivity contribution in [2.75, 3.05) is 11.4 Å². The van der Waals surface area contributed by atoms with E-state index < -0.39 is 10.0 Å². The summed E-state index contributed by atoms with van der Waals surface area (Å²) in [5.41, 5.74) is 1.34. The van der Waals surface area contributed by atoms with Crippen LogP contribution < -0.4 is 4.31 Å². The van der Waals surface area contributed by atoms with Gasteiger partial charge >= 0.3 is 0 Å². The highest BCUT2D eigenvalue weighted by Crippen LogP contribution is 2.34. The molecule has 2 rings (SSSR count). The van der Waals surface area contributed by atoms with Gasteiger partial charge in [-0.05, 0) is 53.8 Å². The van der Waals surface area contributed by atoms with Gasteiger partial charge in [-0.1, -0.05) is 40.9 Å². The van der Waals surface area contributed by atoms with Crippen LogP contribution in [0, 0.1) is 10.5 Å². The molecule has 21 heavy (non-hydrogen) atoms. The topological polar surface area (TPSA) is 37.4 Å². The standard InChI is InChI=1S/C14H12Cl2INO2S/c1-9-3-5-10(6-4-9)21(19,20)18(2)14-8-11(15)13(17)7-12(14)16/h3-8H,1-2H3. The van der Waals surface area contributed by atoms with Gasteiger partial charge in [0.1, 0.15) is 0 Å². The molecular formula is C14H12Cl2INO2S. The average Bonchev–Trinajstić information content (AvgIpc) is 2.42. The van der Waals surface area contributed by atoms with E-state index in [1.54, 1.807) is 36.4 Å². The van der Waals surface area contributed by atoms with Crippen molar-refractivity contribution in [3.05, 3.63) is 55.6 Å². The summed E-state index contributed by atoms with van der Waals surface area (Å²) in [6.45, 7) is 1.90. The smallest absolute Gasteiger partial charge is 0.264 e. The van der Waals surface area contributed by atoms with Gasteiger partial charge in [-0.2, -0.15) is 0 Å². The summed E-state index contributed by atoms with van der Waals surface area (Å²) in [6.07, 6.45) is 0. The fourth-order valence-electron chi connectivity index (χ4n) is 1.75. The molecule has 7 heteroatoms. The summed E-state index contributed by atoms with van der Waals surface area (Å²) in [5, 5.41) is 0.794. The van der Waals surface area contributed by atoms with Gasteiger partial charge in [0.2, 0.25) is 0 Å². The second-order valence-electron chi connectivity index (χ2n) is 4.50. The van der Waals surface area contributed by atoms with E-state index >= 15 is 0 Å². The largest absolute Gasteiger partial charge is 0.268 e. The van der Waals surface area contributed by atoms with E-state index in [1.807, 2.05) is 29.5 Å². The molecular weight excluding hydrogens is 444 g/mol. The Labute approximate surface area is 148 Å². The average molecular weight is 456 g/mol. The van der Waals surface area contributed by atoms with Crippen LogP contribution in [0.4, 0.5) is 5.69 Å². The number of halogens is 3. The molecule has 0 heterocycles. The van der Waals surface area contributed by atoms with Crippen LogP contribution in [0.1, 0.15) is 5.56 Å². The van der Waals surface area contributed by atoms with Crippen LogP contribution in [0.5, 0.6) is 0 Å². The third-order valence-corrected chi connectivity index (χ3v) is 6.62. The minimum Gasteiger partial charge on any atom is -0.268 e. The van der Waals surface area contributed by atoms with Crippen molar-refractivity contribution in [2.24, 2.45) is 0 Å². The second kappa shape index (κ2) is 6.32. The first-order valence-electron chi connectivity index (χ1n) is 5.93. The maximum Gasteiger partial charge on any atom is 0.264 e. The molecule has 2 aromatic rings. The molecule has 3 nitrogen and oxygen atoms in total. The number of rotatable bonds is 3. The van der Waals surface area contributed by atoms with Crippen LogP contribution >= 0.6 is 45.8 Å². The number of sulfonamides is 1. The molecule has 0 atom stereocenters. The first-order valence-corrected chi connectivity index (χ1v) is 9.21. The molecule has 0 aliphatic heterocycles. The van der Waals surface area contributed by atoms with E-state index in [-0.39, 0.29) is 4.90 Å². The molecule has 0 aliphatic carbocycles. The minimum atomic E-state index is -3.67. The van der Waals surface area contributed by atoms with Gasteiger partial charge in [-0.25, -0.2) is 8.42 Å². The first-order chi connectivity index (χ1) is 9.73. The van der Waals surface area contributed by atoms with E-state index in [4.69, 9.17) is 23.2 Å². The fourth-order valence-corrected chi connectivity index (χ4v) is 4.11. The van der Waals surface area contributed by atoms with E-state index in [2.05, 4.69) is 0 Å². The Balaban J connectivity index is 2.50.